The number of nitrogens with zero attached hydrogens (tertiary/aromatic N) is 1. The molecule has 0 aliphatic carbocycles. The molecule has 0 aromatic rings. The summed E-state index contributed by atoms with van der Waals surface area (Å²) in [5.74, 6) is -1.39. The van der Waals surface area contributed by atoms with Crippen molar-refractivity contribution in [1.29, 1.82) is 0 Å². The minimum absolute atomic E-state index is 0.0210. The fraction of sp³-hybridized carbons (Fsp3) is 0.838. The van der Waals surface area contributed by atoms with Crippen LogP contribution in [-0.2, 0) is 33.2 Å². The first-order valence-corrected chi connectivity index (χ1v) is 18.0. The molecule has 3 aliphatic rings. The van der Waals surface area contributed by atoms with Crippen molar-refractivity contribution in [2.75, 3.05) is 27.2 Å². The zero-order valence-electron chi connectivity index (χ0n) is 32.3. The van der Waals surface area contributed by atoms with Crippen molar-refractivity contribution in [3.63, 3.8) is 0 Å². The topological polar surface area (TPSA) is 137 Å². The molecule has 2 saturated heterocycles. The summed E-state index contributed by atoms with van der Waals surface area (Å²) in [5.41, 5.74) is -1.56. The van der Waals surface area contributed by atoms with E-state index in [1.165, 1.54) is 0 Å². The summed E-state index contributed by atoms with van der Waals surface area (Å²) in [7, 11) is 4.16. The minimum Gasteiger partial charge on any atom is -0.456 e. The van der Waals surface area contributed by atoms with E-state index in [1.54, 1.807) is 33.8 Å². The first-order valence-electron chi connectivity index (χ1n) is 18.0. The van der Waals surface area contributed by atoms with Crippen LogP contribution in [0.4, 0.5) is 4.79 Å². The quantitative estimate of drug-likeness (QED) is 0.142. The van der Waals surface area contributed by atoms with Gasteiger partial charge in [0.2, 0.25) is 5.79 Å². The lowest BCUT2D eigenvalue weighted by Crippen LogP contribution is -2.59. The van der Waals surface area contributed by atoms with Crippen LogP contribution in [0.5, 0.6) is 0 Å². The first-order chi connectivity index (χ1) is 22.7. The highest BCUT2D eigenvalue weighted by molar-refractivity contribution is 5.89. The lowest BCUT2D eigenvalue weighted by atomic mass is 9.80. The van der Waals surface area contributed by atoms with Gasteiger partial charge in [0, 0.05) is 37.8 Å². The van der Waals surface area contributed by atoms with Gasteiger partial charge in [0.15, 0.2) is 11.9 Å². The number of alkyl carbamates (subject to hydrolysis) is 1. The maximum Gasteiger partial charge on any atom is 0.408 e. The number of hydrogen-bond donors (Lipinski definition) is 3. The molecule has 1 amide bonds. The number of rotatable bonds is 17. The van der Waals surface area contributed by atoms with Crippen LogP contribution in [0.15, 0.2) is 24.0 Å². The lowest BCUT2D eigenvalue weighted by molar-refractivity contribution is -0.286. The van der Waals surface area contributed by atoms with Crippen molar-refractivity contribution in [2.24, 2.45) is 17.8 Å². The summed E-state index contributed by atoms with van der Waals surface area (Å²) in [6.07, 6.45) is 1.11. The summed E-state index contributed by atoms with van der Waals surface area (Å²) >= 11 is 0. The fourth-order valence-corrected chi connectivity index (χ4v) is 7.89. The van der Waals surface area contributed by atoms with Crippen LogP contribution in [0.1, 0.15) is 95.4 Å². The molecule has 0 radical (unpaired) electrons. The van der Waals surface area contributed by atoms with Gasteiger partial charge in [-0.3, -0.25) is 0 Å². The van der Waals surface area contributed by atoms with E-state index in [2.05, 4.69) is 57.0 Å². The number of carbonyl (C=O) groups is 2. The molecule has 3 N–H and O–H groups in total. The van der Waals surface area contributed by atoms with Crippen LogP contribution in [-0.4, -0.2) is 109 Å². The molecule has 12 atom stereocenters. The highest BCUT2D eigenvalue weighted by atomic mass is 16.7. The van der Waals surface area contributed by atoms with Crippen molar-refractivity contribution >= 4 is 12.1 Å². The molecule has 3 heterocycles. The second-order valence-corrected chi connectivity index (χ2v) is 15.7. The van der Waals surface area contributed by atoms with Gasteiger partial charge in [-0.15, -0.1) is 6.58 Å². The predicted molar refractivity (Wildman–Crippen MR) is 187 cm³/mol. The Balaban J connectivity index is 1.95. The van der Waals surface area contributed by atoms with Gasteiger partial charge >= 0.3 is 12.1 Å². The van der Waals surface area contributed by atoms with E-state index in [4.69, 9.17) is 28.4 Å². The van der Waals surface area contributed by atoms with Crippen LogP contribution in [0, 0.1) is 17.8 Å². The largest absolute Gasteiger partial charge is 0.456 e. The van der Waals surface area contributed by atoms with Gasteiger partial charge in [-0.2, -0.15) is 0 Å². The lowest BCUT2D eigenvalue weighted by Gasteiger charge is -2.48. The number of esters is 1. The second-order valence-electron chi connectivity index (χ2n) is 15.7. The van der Waals surface area contributed by atoms with Gasteiger partial charge < -0.3 is 49.1 Å². The molecule has 3 rings (SSSR count). The number of ether oxygens (including phenoxy) is 6. The monoisotopic (exact) mass is 695 g/mol. The minimum atomic E-state index is -1.14. The van der Waals surface area contributed by atoms with Crippen LogP contribution in [0.2, 0.25) is 0 Å². The average molecular weight is 696 g/mol. The van der Waals surface area contributed by atoms with E-state index in [0.717, 1.165) is 6.42 Å². The van der Waals surface area contributed by atoms with E-state index in [9.17, 15) is 14.7 Å². The molecule has 0 spiro atoms. The van der Waals surface area contributed by atoms with Gasteiger partial charge in [0.05, 0.1) is 42.1 Å². The molecule has 0 bridgehead atoms. The third kappa shape index (κ3) is 9.56. The van der Waals surface area contributed by atoms with E-state index in [1.807, 2.05) is 27.7 Å². The van der Waals surface area contributed by atoms with Gasteiger partial charge in [-0.1, -0.05) is 33.8 Å². The number of carbonyl (C=O) groups excluding carboxylic acids is 2. The molecule has 3 aliphatic heterocycles. The Labute approximate surface area is 294 Å². The van der Waals surface area contributed by atoms with Crippen molar-refractivity contribution in [3.05, 3.63) is 24.0 Å². The first kappa shape index (κ1) is 41.2. The average Bonchev–Trinajstić information content (AvgIpc) is 3.34. The number of nitrogens with one attached hydrogen (secondary N) is 2. The summed E-state index contributed by atoms with van der Waals surface area (Å²) in [6.45, 7) is 25.9. The van der Waals surface area contributed by atoms with Crippen LogP contribution in [0.3, 0.4) is 0 Å². The standard InChI is InChI=1S/C37H65N3O9/c1-15-17-44-36(11,19-21(3)20-38-26(8)30-37(12,28(41)16-2)49-34(43)39-30)31(24(6)29-25(7)32(42)48-35(9,10)47-29)46-33-23(5)27(40(13)14)18-22(4)45-33/h15,21-24,26-28,30-31,33,38,41H,1,16-20H2,2-14H3,(H,39,43)/t21-,22?,23?,24+,26-,27?,28-,30-,31-,33+,36-,37-/m1/s1. The molecular weight excluding hydrogens is 630 g/mol. The number of amides is 1. The van der Waals surface area contributed by atoms with E-state index >= 15 is 0 Å². The molecule has 3 unspecified atom stereocenters. The summed E-state index contributed by atoms with van der Waals surface area (Å²) in [5, 5.41) is 17.2. The zero-order chi connectivity index (χ0) is 37.1. The van der Waals surface area contributed by atoms with Gasteiger partial charge in [0.25, 0.3) is 0 Å². The molecule has 49 heavy (non-hydrogen) atoms. The van der Waals surface area contributed by atoms with E-state index in [0.29, 0.717) is 30.7 Å². The summed E-state index contributed by atoms with van der Waals surface area (Å²) < 4.78 is 37.7. The van der Waals surface area contributed by atoms with Gasteiger partial charge in [0.1, 0.15) is 5.76 Å². The number of aliphatic hydroxyl groups excluding tert-OH is 1. The molecule has 12 nitrogen and oxygen atoms in total. The maximum absolute atomic E-state index is 13.0. The van der Waals surface area contributed by atoms with Crippen molar-refractivity contribution in [1.82, 2.24) is 15.5 Å². The molecule has 0 saturated carbocycles. The summed E-state index contributed by atoms with van der Waals surface area (Å²) in [4.78, 5) is 27.5. The predicted octanol–water partition coefficient (Wildman–Crippen LogP) is 4.90. The molecule has 12 heteroatoms. The summed E-state index contributed by atoms with van der Waals surface area (Å²) in [6, 6.07) is -0.392. The smallest absolute Gasteiger partial charge is 0.408 e. The van der Waals surface area contributed by atoms with Gasteiger partial charge in [-0.05, 0) is 80.4 Å². The zero-order valence-corrected chi connectivity index (χ0v) is 32.3. The Morgan fingerprint density at radius 2 is 1.82 bits per heavy atom. The second kappa shape index (κ2) is 16.4. The number of hydrogen-bond acceptors (Lipinski definition) is 11. The molecule has 0 aromatic carbocycles. The highest BCUT2D eigenvalue weighted by Crippen LogP contribution is 2.42. The molecule has 282 valence electrons. The SMILES string of the molecule is C=CCO[C@](C)(C[C@@H](C)CN[C@H](C)[C@H]1NC(=O)O[C@]1(C)[C@H](O)CC)[C@H](O[C@@H]1OC(C)CC(N(C)C)C1C)[C@@H](C)C1=C(C)C(=O)OC(C)(C)O1. The van der Waals surface area contributed by atoms with E-state index < -0.39 is 59.5 Å². The van der Waals surface area contributed by atoms with E-state index in [-0.39, 0.29) is 36.6 Å². The third-order valence-electron chi connectivity index (χ3n) is 10.6. The Morgan fingerprint density at radius 3 is 2.41 bits per heavy atom. The Kier molecular flexibility index (Phi) is 13.8. The van der Waals surface area contributed by atoms with Crippen molar-refractivity contribution in [3.8, 4) is 0 Å². The van der Waals surface area contributed by atoms with Gasteiger partial charge in [-0.25, -0.2) is 9.59 Å². The number of cyclic esters (lactones) is 2. The Bertz CT molecular complexity index is 1190. The fourth-order valence-electron chi connectivity index (χ4n) is 7.89. The van der Waals surface area contributed by atoms with Crippen LogP contribution >= 0.6 is 0 Å². The van der Waals surface area contributed by atoms with Crippen molar-refractivity contribution in [2.45, 2.75) is 155 Å². The van der Waals surface area contributed by atoms with Crippen LogP contribution < -0.4 is 10.6 Å². The molecule has 2 fully saturated rings. The van der Waals surface area contributed by atoms with Crippen molar-refractivity contribution < 1.29 is 43.1 Å². The third-order valence-corrected chi connectivity index (χ3v) is 10.6. The molecule has 0 aromatic heterocycles. The highest BCUT2D eigenvalue weighted by Gasteiger charge is 2.53. The Hall–Kier alpha value is -2.22. The van der Waals surface area contributed by atoms with Crippen LogP contribution in [0.25, 0.3) is 0 Å². The maximum atomic E-state index is 13.0. The Morgan fingerprint density at radius 1 is 1.16 bits per heavy atom. The number of aliphatic hydroxyl groups is 1. The molecular formula is C37H65N3O9. The normalized spacial score (nSPS) is 33.0.